The van der Waals surface area contributed by atoms with E-state index >= 15 is 0 Å². The fourth-order valence-electron chi connectivity index (χ4n) is 28.8. The molecule has 606 valence electrons. The molecule has 0 radical (unpaired) electrons. The largest absolute Gasteiger partial charge is 0.456 e. The lowest BCUT2D eigenvalue weighted by atomic mass is 9.50. The van der Waals surface area contributed by atoms with Gasteiger partial charge in [0.1, 0.15) is 22.3 Å². The number of benzene rings is 13. The lowest BCUT2D eigenvalue weighted by Gasteiger charge is -2.55. The lowest BCUT2D eigenvalue weighted by molar-refractivity contribution is -0.00283. The zero-order valence-electron chi connectivity index (χ0n) is 71.2. The third kappa shape index (κ3) is 13.0. The van der Waals surface area contributed by atoms with E-state index in [1.165, 1.54) is 225 Å². The number of hydrogen-bond donors (Lipinski definition) is 0. The molecule has 10 aliphatic rings. The molecule has 15 aromatic rings. The first-order valence-electron chi connectivity index (χ1n) is 47.8. The molecule has 2 heterocycles. The van der Waals surface area contributed by atoms with Crippen molar-refractivity contribution in [1.29, 1.82) is 0 Å². The summed E-state index contributed by atoms with van der Waals surface area (Å²) >= 11 is 0. The maximum Gasteiger partial charge on any atom is 0.137 e. The SMILES string of the molecule is CCC1CC2CCC(c3cc(C4C(CC)CC5CCCC4C5)cc(N(c4ccc5c(c4)oc4ccccc45)c4ccc5c(-c6ccccc6-c6ccccc6)c6cc(N(c7cc(C8C(CC)CC9CCCC8C9)cc(C8C9CC%10CC(C9)CC8C%10)c7)c7ccc8c(c7)oc7ccccc78)ccc6c(-c6ccccc6-c6ccccc6)c5c4)c3)C(C1)C2. The normalized spacial score (nSPS) is 27.3. The quantitative estimate of drug-likeness (QED) is 0.0851. The van der Waals surface area contributed by atoms with Gasteiger partial charge >= 0.3 is 0 Å². The van der Waals surface area contributed by atoms with E-state index in [9.17, 15) is 0 Å². The molecule has 10 saturated carbocycles. The summed E-state index contributed by atoms with van der Waals surface area (Å²) in [6, 6.07) is 105. The maximum atomic E-state index is 7.05. The predicted molar refractivity (Wildman–Crippen MR) is 507 cm³/mol. The van der Waals surface area contributed by atoms with Crippen LogP contribution in [0.3, 0.4) is 0 Å². The number of rotatable bonds is 17. The smallest absolute Gasteiger partial charge is 0.137 e. The number of anilines is 6. The van der Waals surface area contributed by atoms with Crippen LogP contribution in [0.15, 0.2) is 276 Å². The van der Waals surface area contributed by atoms with Crippen molar-refractivity contribution in [2.24, 2.45) is 76.9 Å². The van der Waals surface area contributed by atoms with Gasteiger partial charge in [0.15, 0.2) is 0 Å². The molecule has 121 heavy (non-hydrogen) atoms. The minimum atomic E-state index is 0.523. The highest BCUT2D eigenvalue weighted by Gasteiger charge is 2.50. The van der Waals surface area contributed by atoms with E-state index in [-0.39, 0.29) is 0 Å². The Hall–Kier alpha value is -10.4. The van der Waals surface area contributed by atoms with E-state index in [1.54, 1.807) is 22.3 Å². The van der Waals surface area contributed by atoms with Crippen LogP contribution in [-0.4, -0.2) is 0 Å². The fraction of sp³-hybridized carbons (Fsp3) is 0.368. The van der Waals surface area contributed by atoms with Crippen molar-refractivity contribution in [3.63, 3.8) is 0 Å². The van der Waals surface area contributed by atoms with Crippen molar-refractivity contribution >= 4 is 99.5 Å². The standard InChI is InChI=1S/C117H116N2O2/c1-4-71-49-74-39-44-96(83(51-71)56-74)84-61-87(113-77(5-2)52-72-23-21-29-81(113)54-72)64-94(63-84)118(92-40-45-101-99-33-17-19-37-109(99)120-111(101)69-92)90-42-47-105-107(67-90)116(103-35-15-13-31-97(103)79-25-9-7-10-26-79)106-48-43-91(68-108(106)117(105)104-36-16-14-32-98(104)80-27-11-8-12-28-80)119(93-41-46-102-100-34-18-20-38-110(100)121-112(102)70-93)95-65-88(114-78(6-3)53-73-24-22-30-82(114)55-73)62-89(66-95)115-85-57-75-50-76(59-85)60-86(115)58-75/h7-20,25-28,31-38,40-43,45-48,61-78,81-83,85-86,96,113-115H,4-6,21-24,29-30,39,44,49-60H2,1-3H3. The van der Waals surface area contributed by atoms with Crippen LogP contribution in [0.4, 0.5) is 34.1 Å². The van der Waals surface area contributed by atoms with Gasteiger partial charge in [0.25, 0.3) is 0 Å². The van der Waals surface area contributed by atoms with Gasteiger partial charge in [0.05, 0.1) is 0 Å². The van der Waals surface area contributed by atoms with Crippen molar-refractivity contribution in [1.82, 2.24) is 0 Å². The molecule has 25 rings (SSSR count). The van der Waals surface area contributed by atoms with Gasteiger partial charge in [-0.1, -0.05) is 236 Å². The average Bonchev–Trinajstić information content (AvgIpc) is 1.25. The first-order valence-corrected chi connectivity index (χ1v) is 47.8. The number of para-hydroxylation sites is 2. The highest BCUT2D eigenvalue weighted by atomic mass is 16.3. The Morgan fingerprint density at radius 2 is 0.661 bits per heavy atom. The molecule has 4 heteroatoms. The monoisotopic (exact) mass is 1580 g/mol. The molecule has 0 saturated heterocycles. The van der Waals surface area contributed by atoms with Crippen molar-refractivity contribution < 1.29 is 8.83 Å². The van der Waals surface area contributed by atoms with E-state index in [0.29, 0.717) is 53.3 Å². The molecule has 10 fully saturated rings. The van der Waals surface area contributed by atoms with Crippen molar-refractivity contribution in [3.05, 3.63) is 289 Å². The van der Waals surface area contributed by atoms with Gasteiger partial charge in [-0.3, -0.25) is 0 Å². The highest BCUT2D eigenvalue weighted by molar-refractivity contribution is 6.25. The first kappa shape index (κ1) is 74.4. The summed E-state index contributed by atoms with van der Waals surface area (Å²) in [4.78, 5) is 5.42. The average molecular weight is 1580 g/mol. The van der Waals surface area contributed by atoms with Crippen LogP contribution in [-0.2, 0) is 0 Å². The number of furan rings is 2. The summed E-state index contributed by atoms with van der Waals surface area (Å²) < 4.78 is 14.1. The number of hydrogen-bond acceptors (Lipinski definition) is 4. The molecular formula is C117H116N2O2. The van der Waals surface area contributed by atoms with E-state index in [1.807, 2.05) is 0 Å². The third-order valence-corrected chi connectivity index (χ3v) is 33.6. The van der Waals surface area contributed by atoms with Crippen LogP contribution in [0.2, 0.25) is 0 Å². The summed E-state index contributed by atoms with van der Waals surface area (Å²) in [7, 11) is 0. The second kappa shape index (κ2) is 30.6. The Morgan fingerprint density at radius 1 is 0.256 bits per heavy atom. The second-order valence-electron chi connectivity index (χ2n) is 40.2. The molecule has 0 amide bonds. The summed E-state index contributed by atoms with van der Waals surface area (Å²) in [5.74, 6) is 12.2. The Morgan fingerprint density at radius 3 is 1.16 bits per heavy atom. The molecule has 10 aliphatic carbocycles. The van der Waals surface area contributed by atoms with Crippen LogP contribution in [0.1, 0.15) is 214 Å². The number of nitrogens with zero attached hydrogens (tertiary/aromatic N) is 2. The molecule has 0 spiro atoms. The van der Waals surface area contributed by atoms with Gasteiger partial charge in [-0.15, -0.1) is 0 Å². The van der Waals surface area contributed by atoms with Gasteiger partial charge in [0, 0.05) is 67.8 Å². The van der Waals surface area contributed by atoms with E-state index in [2.05, 4.69) is 297 Å². The molecule has 0 N–H and O–H groups in total. The molecule has 4 nitrogen and oxygen atoms in total. The third-order valence-electron chi connectivity index (χ3n) is 33.6. The van der Waals surface area contributed by atoms with Crippen molar-refractivity contribution in [3.8, 4) is 44.5 Å². The lowest BCUT2D eigenvalue weighted by Crippen LogP contribution is -2.43. The van der Waals surface area contributed by atoms with Gasteiger partial charge in [0.2, 0.25) is 0 Å². The van der Waals surface area contributed by atoms with Gasteiger partial charge in [-0.2, -0.15) is 0 Å². The zero-order valence-corrected chi connectivity index (χ0v) is 71.2. The van der Waals surface area contributed by atoms with Crippen molar-refractivity contribution in [2.45, 2.75) is 192 Å². The van der Waals surface area contributed by atoms with Gasteiger partial charge in [-0.25, -0.2) is 0 Å². The molecule has 2 aromatic heterocycles. The highest BCUT2D eigenvalue weighted by Crippen LogP contribution is 2.63. The molecule has 12 atom stereocenters. The topological polar surface area (TPSA) is 32.8 Å². The van der Waals surface area contributed by atoms with Crippen LogP contribution in [0.5, 0.6) is 0 Å². The Kier molecular flexibility index (Phi) is 18.8. The maximum absolute atomic E-state index is 7.05. The number of fused-ring (bicyclic) bond motifs is 14. The molecule has 0 aliphatic heterocycles. The molecule has 10 bridgehead atoms. The summed E-state index contributed by atoms with van der Waals surface area (Å²) in [6.07, 6.45) is 31.2. The van der Waals surface area contributed by atoms with Gasteiger partial charge in [-0.05, 0) is 377 Å². The Balaban J connectivity index is 0.786. The summed E-state index contributed by atoms with van der Waals surface area (Å²) in [5.41, 5.74) is 27.0. The summed E-state index contributed by atoms with van der Waals surface area (Å²) in [5, 5.41) is 9.54. The van der Waals surface area contributed by atoms with Crippen LogP contribution < -0.4 is 9.80 Å². The van der Waals surface area contributed by atoms with Crippen LogP contribution in [0.25, 0.3) is 110 Å². The van der Waals surface area contributed by atoms with Crippen molar-refractivity contribution in [2.75, 3.05) is 9.80 Å². The molecule has 12 unspecified atom stereocenters. The van der Waals surface area contributed by atoms with Crippen LogP contribution in [0, 0.1) is 76.9 Å². The fourth-order valence-corrected chi connectivity index (χ4v) is 28.8. The predicted octanol–water partition coefficient (Wildman–Crippen LogP) is 33.9. The minimum absolute atomic E-state index is 0.523. The Bertz CT molecular complexity index is 6420. The second-order valence-corrected chi connectivity index (χ2v) is 40.2. The minimum Gasteiger partial charge on any atom is -0.456 e. The van der Waals surface area contributed by atoms with Crippen LogP contribution >= 0.6 is 0 Å². The Labute approximate surface area is 716 Å². The molecule has 13 aromatic carbocycles. The van der Waals surface area contributed by atoms with E-state index in [0.717, 1.165) is 114 Å². The molecular weight excluding hydrogens is 1470 g/mol. The van der Waals surface area contributed by atoms with E-state index in [4.69, 9.17) is 8.83 Å². The van der Waals surface area contributed by atoms with E-state index < -0.39 is 0 Å². The first-order chi connectivity index (χ1) is 59.7. The zero-order chi connectivity index (χ0) is 80.1. The summed E-state index contributed by atoms with van der Waals surface area (Å²) in [6.45, 7) is 7.51. The van der Waals surface area contributed by atoms with Gasteiger partial charge < -0.3 is 18.6 Å².